The zero-order valence-corrected chi connectivity index (χ0v) is 21.0. The minimum absolute atomic E-state index is 0.0614. The molecule has 1 aromatic carbocycles. The van der Waals surface area contributed by atoms with E-state index < -0.39 is 5.41 Å². The Hall–Kier alpha value is -2.09. The molecule has 3 aromatic rings. The highest BCUT2D eigenvalue weighted by atomic mass is 35.5. The minimum atomic E-state index is -0.417. The predicted molar refractivity (Wildman–Crippen MR) is 131 cm³/mol. The Morgan fingerprint density at radius 1 is 1.12 bits per heavy atom. The molecule has 7 rings (SSSR count). The molecule has 0 aliphatic heterocycles. The molecule has 4 aliphatic rings. The molecule has 0 saturated heterocycles. The molecule has 7 nitrogen and oxygen atoms in total. The molecule has 4 fully saturated rings. The van der Waals surface area contributed by atoms with Crippen molar-refractivity contribution < 1.29 is 4.79 Å². The lowest BCUT2D eigenvalue weighted by atomic mass is 9.46. The van der Waals surface area contributed by atoms with Crippen molar-refractivity contribution in [1.29, 1.82) is 0 Å². The van der Waals surface area contributed by atoms with Gasteiger partial charge in [0.05, 0.1) is 17.5 Å². The molecule has 2 atom stereocenters. The van der Waals surface area contributed by atoms with E-state index in [1.165, 1.54) is 6.42 Å². The number of carbonyl (C=O) groups is 1. The summed E-state index contributed by atoms with van der Waals surface area (Å²) in [6.45, 7) is 2.48. The highest BCUT2D eigenvalue weighted by molar-refractivity contribution is 6.35. The number of anilines is 1. The van der Waals surface area contributed by atoms with Crippen molar-refractivity contribution in [2.75, 3.05) is 5.32 Å². The average Bonchev–Trinajstić information content (AvgIpc) is 3.35. The van der Waals surface area contributed by atoms with Gasteiger partial charge in [-0.1, -0.05) is 29.3 Å². The number of aryl methyl sites for hydroxylation is 1. The molecule has 10 heteroatoms. The van der Waals surface area contributed by atoms with Crippen LogP contribution in [0.15, 0.2) is 30.6 Å². The number of amides is 1. The lowest BCUT2D eigenvalue weighted by Gasteiger charge is -2.60. The summed E-state index contributed by atoms with van der Waals surface area (Å²) < 4.78 is 3.78. The predicted octanol–water partition coefficient (Wildman–Crippen LogP) is 5.73. The zero-order valence-electron chi connectivity index (χ0n) is 18.8. The maximum Gasteiger partial charge on any atom is 0.242 e. The van der Waals surface area contributed by atoms with Gasteiger partial charge in [0.2, 0.25) is 11.2 Å². The summed E-state index contributed by atoms with van der Waals surface area (Å²) in [5, 5.41) is 13.7. The molecule has 2 unspecified atom stereocenters. The van der Waals surface area contributed by atoms with Crippen LogP contribution in [0.4, 0.5) is 5.82 Å². The molecule has 0 spiro atoms. The largest absolute Gasteiger partial charge is 0.309 e. The fourth-order valence-corrected chi connectivity index (χ4v) is 7.60. The molecule has 1 N–H and O–H groups in total. The lowest BCUT2D eigenvalue weighted by molar-refractivity contribution is -0.150. The van der Waals surface area contributed by atoms with E-state index in [4.69, 9.17) is 34.8 Å². The number of hydrogen-bond acceptors (Lipinski definition) is 4. The highest BCUT2D eigenvalue weighted by Crippen LogP contribution is 2.64. The number of halogens is 3. The molecule has 4 bridgehead atoms. The summed E-state index contributed by atoms with van der Waals surface area (Å²) in [7, 11) is 0. The van der Waals surface area contributed by atoms with Gasteiger partial charge >= 0.3 is 0 Å². The normalized spacial score (nSPS) is 29.5. The first-order valence-corrected chi connectivity index (χ1v) is 12.7. The van der Waals surface area contributed by atoms with Gasteiger partial charge in [0.1, 0.15) is 6.33 Å². The molecule has 4 aliphatic carbocycles. The monoisotopic (exact) mass is 518 g/mol. The van der Waals surface area contributed by atoms with E-state index in [0.29, 0.717) is 34.2 Å². The Morgan fingerprint density at radius 3 is 2.56 bits per heavy atom. The van der Waals surface area contributed by atoms with Crippen LogP contribution in [0.1, 0.15) is 49.8 Å². The first-order valence-electron chi connectivity index (χ1n) is 11.6. The van der Waals surface area contributed by atoms with Gasteiger partial charge in [0.25, 0.3) is 0 Å². The molecule has 178 valence electrons. The Labute approximate surface area is 212 Å². The van der Waals surface area contributed by atoms with Crippen molar-refractivity contribution in [3.05, 3.63) is 57.2 Å². The smallest absolute Gasteiger partial charge is 0.242 e. The second-order valence-electron chi connectivity index (χ2n) is 10.4. The summed E-state index contributed by atoms with van der Waals surface area (Å²) in [5.74, 6) is 1.66. The fraction of sp³-hybridized carbons (Fsp3) is 0.500. The highest BCUT2D eigenvalue weighted by Gasteiger charge is 2.61. The van der Waals surface area contributed by atoms with Crippen LogP contribution in [0, 0.1) is 24.2 Å². The van der Waals surface area contributed by atoms with E-state index in [-0.39, 0.29) is 16.7 Å². The molecule has 1 amide bonds. The van der Waals surface area contributed by atoms with Crippen LogP contribution in [0.5, 0.6) is 0 Å². The quantitative estimate of drug-likeness (QED) is 0.467. The Kier molecular flexibility index (Phi) is 5.24. The Bertz CT molecular complexity index is 1270. The van der Waals surface area contributed by atoms with Crippen LogP contribution < -0.4 is 5.32 Å². The van der Waals surface area contributed by atoms with Crippen LogP contribution >= 0.6 is 34.8 Å². The van der Waals surface area contributed by atoms with E-state index >= 15 is 0 Å². The lowest BCUT2D eigenvalue weighted by Crippen LogP contribution is -2.60. The topological polar surface area (TPSA) is 77.6 Å². The molecular weight excluding hydrogens is 495 g/mol. The van der Waals surface area contributed by atoms with Gasteiger partial charge in [-0.25, -0.2) is 9.67 Å². The van der Waals surface area contributed by atoms with Gasteiger partial charge in [0, 0.05) is 21.8 Å². The van der Waals surface area contributed by atoms with E-state index in [1.807, 2.05) is 34.5 Å². The number of carbonyl (C=O) groups excluding carboxylic acids is 1. The van der Waals surface area contributed by atoms with Crippen LogP contribution in [0.25, 0.3) is 0 Å². The van der Waals surface area contributed by atoms with Gasteiger partial charge < -0.3 is 5.32 Å². The number of hydrogen-bond donors (Lipinski definition) is 1. The molecule has 0 radical (unpaired) electrons. The zero-order chi connectivity index (χ0) is 23.7. The third kappa shape index (κ3) is 3.73. The summed E-state index contributed by atoms with van der Waals surface area (Å²) in [6, 6.07) is 7.35. The van der Waals surface area contributed by atoms with Gasteiger partial charge in [-0.15, -0.1) is 5.10 Å². The standard InChI is InChI=1S/C24H25Cl3N6O/c1-14-4-20(30-32(14)11-17-2-3-18(25)6-19(17)26)29-21(34)23-7-15-5-16(8-23)10-24(9-15,12-23)33-13-28-22(27)31-33/h2-4,6,13,15-16H,5,7-12H2,1H3,(H,29,30,34). The van der Waals surface area contributed by atoms with E-state index in [1.54, 1.807) is 12.4 Å². The Balaban J connectivity index is 1.24. The van der Waals surface area contributed by atoms with Gasteiger partial charge in [-0.3, -0.25) is 9.48 Å². The van der Waals surface area contributed by atoms with Crippen molar-refractivity contribution in [1.82, 2.24) is 24.5 Å². The van der Waals surface area contributed by atoms with Gasteiger partial charge in [-0.2, -0.15) is 5.10 Å². The number of nitrogens with one attached hydrogen (secondary N) is 1. The maximum atomic E-state index is 13.7. The second kappa shape index (κ2) is 7.97. The molecule has 4 saturated carbocycles. The van der Waals surface area contributed by atoms with Crippen molar-refractivity contribution in [2.24, 2.45) is 17.3 Å². The van der Waals surface area contributed by atoms with Gasteiger partial charge in [-0.05, 0) is 86.6 Å². The van der Waals surface area contributed by atoms with Crippen LogP contribution in [-0.4, -0.2) is 30.5 Å². The number of rotatable bonds is 5. The van der Waals surface area contributed by atoms with Crippen LogP contribution in [0.2, 0.25) is 15.3 Å². The van der Waals surface area contributed by atoms with Crippen molar-refractivity contribution >= 4 is 46.5 Å². The second-order valence-corrected chi connectivity index (χ2v) is 11.6. The first kappa shape index (κ1) is 22.4. The third-order valence-electron chi connectivity index (χ3n) is 8.02. The minimum Gasteiger partial charge on any atom is -0.309 e. The SMILES string of the molecule is Cc1cc(NC(=O)C23CC4CC(C2)CC(n2cnc(Cl)n2)(C4)C3)nn1Cc1ccc(Cl)cc1Cl. The third-order valence-corrected chi connectivity index (χ3v) is 8.78. The van der Waals surface area contributed by atoms with Crippen LogP contribution in [-0.2, 0) is 16.9 Å². The summed E-state index contributed by atoms with van der Waals surface area (Å²) in [6.07, 6.45) is 7.59. The fourth-order valence-electron chi connectivity index (χ4n) is 7.01. The summed E-state index contributed by atoms with van der Waals surface area (Å²) in [4.78, 5) is 17.9. The van der Waals surface area contributed by atoms with Crippen molar-refractivity contribution in [2.45, 2.75) is 57.5 Å². The summed E-state index contributed by atoms with van der Waals surface area (Å²) >= 11 is 18.4. The van der Waals surface area contributed by atoms with Crippen molar-refractivity contribution in [3.63, 3.8) is 0 Å². The molecule has 2 aromatic heterocycles. The first-order chi connectivity index (χ1) is 16.2. The van der Waals surface area contributed by atoms with Gasteiger partial charge in [0.15, 0.2) is 5.82 Å². The van der Waals surface area contributed by atoms with Crippen molar-refractivity contribution in [3.8, 4) is 0 Å². The molecule has 2 heterocycles. The Morgan fingerprint density at radius 2 is 1.88 bits per heavy atom. The average molecular weight is 520 g/mol. The number of benzene rings is 1. The maximum absolute atomic E-state index is 13.7. The molecule has 34 heavy (non-hydrogen) atoms. The van der Waals surface area contributed by atoms with E-state index in [0.717, 1.165) is 43.4 Å². The van der Waals surface area contributed by atoms with E-state index in [9.17, 15) is 4.79 Å². The number of nitrogens with zero attached hydrogens (tertiary/aromatic N) is 5. The van der Waals surface area contributed by atoms with Crippen LogP contribution in [0.3, 0.4) is 0 Å². The molecular formula is C24H25Cl3N6O. The van der Waals surface area contributed by atoms with E-state index in [2.05, 4.69) is 20.5 Å². The number of aromatic nitrogens is 5. The summed E-state index contributed by atoms with van der Waals surface area (Å²) in [5.41, 5.74) is 1.27.